The molecular weight excluding hydrogens is 159 g/mol. The van der Waals surface area contributed by atoms with Crippen LogP contribution in [-0.4, -0.2) is 9.97 Å². The fourth-order valence-corrected chi connectivity index (χ4v) is 0.995. The van der Waals surface area contributed by atoms with Crippen LogP contribution in [0.25, 0.3) is 11.2 Å². The van der Waals surface area contributed by atoms with Crippen LogP contribution in [0.2, 0.25) is 0 Å². The summed E-state index contributed by atoms with van der Waals surface area (Å²) >= 11 is 0. The molecule has 0 N–H and O–H groups in total. The smallest absolute Gasteiger partial charge is 0.247 e. The summed E-state index contributed by atoms with van der Waals surface area (Å²) in [5.41, 5.74) is 0.875. The topological polar surface area (TPSA) is 38.9 Å². The second-order valence-corrected chi connectivity index (χ2v) is 2.44. The van der Waals surface area contributed by atoms with Crippen LogP contribution < -0.4 is 0 Å². The fourth-order valence-electron chi connectivity index (χ4n) is 0.995. The molecule has 12 heavy (non-hydrogen) atoms. The summed E-state index contributed by atoms with van der Waals surface area (Å²) in [6.45, 7) is 1.92. The van der Waals surface area contributed by atoms with Crippen LogP contribution in [0, 0.1) is 5.82 Å². The third kappa shape index (κ3) is 1.05. The van der Waals surface area contributed by atoms with Gasteiger partial charge in [0, 0.05) is 12.5 Å². The Morgan fingerprint density at radius 3 is 3.17 bits per heavy atom. The molecule has 3 nitrogen and oxygen atoms in total. The predicted molar refractivity (Wildman–Crippen MR) is 41.1 cm³/mol. The highest BCUT2D eigenvalue weighted by Crippen LogP contribution is 2.13. The number of hydrogen-bond donors (Lipinski definition) is 0. The molecule has 0 aliphatic heterocycles. The van der Waals surface area contributed by atoms with E-state index >= 15 is 0 Å². The lowest BCUT2D eigenvalue weighted by atomic mass is 10.4. The van der Waals surface area contributed by atoms with E-state index < -0.39 is 5.82 Å². The maximum atomic E-state index is 12.6. The molecule has 0 aliphatic rings. The third-order valence-corrected chi connectivity index (χ3v) is 1.56. The van der Waals surface area contributed by atoms with Gasteiger partial charge in [0.2, 0.25) is 5.71 Å². The van der Waals surface area contributed by atoms with Crippen molar-refractivity contribution in [3.8, 4) is 0 Å². The van der Waals surface area contributed by atoms with Crippen LogP contribution >= 0.6 is 0 Å². The number of fused-ring (bicyclic) bond motifs is 1. The minimum atomic E-state index is -0.390. The summed E-state index contributed by atoms with van der Waals surface area (Å²) in [5, 5.41) is 0. The minimum Gasteiger partial charge on any atom is -0.422 e. The molecule has 0 aromatic carbocycles. The van der Waals surface area contributed by atoms with Gasteiger partial charge in [-0.1, -0.05) is 6.92 Å². The largest absolute Gasteiger partial charge is 0.422 e. The number of nitrogens with zero attached hydrogens (tertiary/aromatic N) is 2. The first-order valence-corrected chi connectivity index (χ1v) is 3.70. The first kappa shape index (κ1) is 7.21. The second kappa shape index (κ2) is 2.55. The highest BCUT2D eigenvalue weighted by atomic mass is 19.1. The van der Waals surface area contributed by atoms with E-state index in [4.69, 9.17) is 4.42 Å². The molecule has 0 saturated carbocycles. The second-order valence-electron chi connectivity index (χ2n) is 2.44. The van der Waals surface area contributed by atoms with E-state index in [1.165, 1.54) is 6.07 Å². The van der Waals surface area contributed by atoms with Crippen LogP contribution in [0.4, 0.5) is 4.39 Å². The molecule has 0 bridgehead atoms. The average Bonchev–Trinajstić information content (AvgIpc) is 2.46. The Morgan fingerprint density at radius 2 is 2.42 bits per heavy atom. The van der Waals surface area contributed by atoms with E-state index in [1.54, 1.807) is 0 Å². The maximum absolute atomic E-state index is 12.6. The zero-order chi connectivity index (χ0) is 8.55. The van der Waals surface area contributed by atoms with E-state index in [9.17, 15) is 4.39 Å². The monoisotopic (exact) mass is 166 g/mol. The lowest BCUT2D eigenvalue weighted by Gasteiger charge is -1.83. The van der Waals surface area contributed by atoms with Gasteiger partial charge in [-0.2, -0.15) is 0 Å². The van der Waals surface area contributed by atoms with Crippen molar-refractivity contribution in [1.29, 1.82) is 0 Å². The van der Waals surface area contributed by atoms with Crippen LogP contribution in [0.3, 0.4) is 0 Å². The number of aromatic nitrogens is 2. The molecular formula is C8H7FN2O. The van der Waals surface area contributed by atoms with Gasteiger partial charge in [-0.05, 0) is 0 Å². The molecule has 2 rings (SSSR count). The van der Waals surface area contributed by atoms with E-state index in [0.29, 0.717) is 23.5 Å². The Morgan fingerprint density at radius 1 is 1.58 bits per heavy atom. The molecule has 0 saturated heterocycles. The number of aryl methyl sites for hydroxylation is 1. The zero-order valence-electron chi connectivity index (χ0n) is 6.54. The Balaban J connectivity index is 2.67. The molecule has 0 atom stereocenters. The number of pyridine rings is 1. The Bertz CT molecular complexity index is 410. The van der Waals surface area contributed by atoms with Crippen LogP contribution in [0.5, 0.6) is 0 Å². The summed E-state index contributed by atoms with van der Waals surface area (Å²) in [4.78, 5) is 7.77. The molecule has 2 aromatic rings. The fraction of sp³-hybridized carbons (Fsp3) is 0.250. The van der Waals surface area contributed by atoms with Gasteiger partial charge in [0.1, 0.15) is 11.3 Å². The van der Waals surface area contributed by atoms with Crippen molar-refractivity contribution < 1.29 is 8.81 Å². The van der Waals surface area contributed by atoms with Crippen molar-refractivity contribution in [1.82, 2.24) is 9.97 Å². The van der Waals surface area contributed by atoms with Crippen LogP contribution in [0.15, 0.2) is 16.7 Å². The van der Waals surface area contributed by atoms with E-state index in [0.717, 1.165) is 6.20 Å². The SMILES string of the molecule is CCc1nc2cc(F)cnc2o1. The lowest BCUT2D eigenvalue weighted by molar-refractivity contribution is 0.528. The third-order valence-electron chi connectivity index (χ3n) is 1.56. The minimum absolute atomic E-state index is 0.390. The summed E-state index contributed by atoms with van der Waals surface area (Å²) in [6.07, 6.45) is 1.81. The molecule has 0 fully saturated rings. The van der Waals surface area contributed by atoms with Crippen LogP contribution in [0.1, 0.15) is 12.8 Å². The highest BCUT2D eigenvalue weighted by Gasteiger charge is 2.05. The highest BCUT2D eigenvalue weighted by molar-refractivity contribution is 5.67. The maximum Gasteiger partial charge on any atom is 0.247 e. The number of oxazole rings is 1. The summed E-state index contributed by atoms with van der Waals surface area (Å²) < 4.78 is 17.8. The van der Waals surface area contributed by atoms with Gasteiger partial charge in [0.25, 0.3) is 0 Å². The number of hydrogen-bond acceptors (Lipinski definition) is 3. The van der Waals surface area contributed by atoms with Gasteiger partial charge < -0.3 is 4.42 Å². The van der Waals surface area contributed by atoms with Crippen molar-refractivity contribution in [2.24, 2.45) is 0 Å². The van der Waals surface area contributed by atoms with E-state index in [1.807, 2.05) is 6.92 Å². The predicted octanol–water partition coefficient (Wildman–Crippen LogP) is 1.92. The summed E-state index contributed by atoms with van der Waals surface area (Å²) in [5.74, 6) is 0.196. The molecule has 0 spiro atoms. The van der Waals surface area contributed by atoms with Gasteiger partial charge in [0.15, 0.2) is 5.89 Å². The number of rotatable bonds is 1. The number of halogens is 1. The average molecular weight is 166 g/mol. The Labute approximate surface area is 68.2 Å². The molecule has 0 aliphatic carbocycles. The quantitative estimate of drug-likeness (QED) is 0.649. The van der Waals surface area contributed by atoms with Crippen molar-refractivity contribution in [2.75, 3.05) is 0 Å². The molecule has 2 aromatic heterocycles. The van der Waals surface area contributed by atoms with Gasteiger partial charge in [0.05, 0.1) is 6.20 Å². The van der Waals surface area contributed by atoms with E-state index in [2.05, 4.69) is 9.97 Å². The van der Waals surface area contributed by atoms with Gasteiger partial charge >= 0.3 is 0 Å². The zero-order valence-corrected chi connectivity index (χ0v) is 6.54. The molecule has 0 amide bonds. The molecule has 4 heteroatoms. The Kier molecular flexibility index (Phi) is 1.53. The van der Waals surface area contributed by atoms with Gasteiger partial charge in [-0.25, -0.2) is 14.4 Å². The van der Waals surface area contributed by atoms with E-state index in [-0.39, 0.29) is 0 Å². The first-order chi connectivity index (χ1) is 5.79. The molecule has 0 unspecified atom stereocenters. The van der Waals surface area contributed by atoms with Crippen molar-refractivity contribution >= 4 is 11.2 Å². The normalized spacial score (nSPS) is 10.8. The van der Waals surface area contributed by atoms with Gasteiger partial charge in [-0.15, -0.1) is 0 Å². The van der Waals surface area contributed by atoms with Gasteiger partial charge in [-0.3, -0.25) is 0 Å². The van der Waals surface area contributed by atoms with Crippen molar-refractivity contribution in [3.05, 3.63) is 24.0 Å². The summed E-state index contributed by atoms with van der Waals surface area (Å²) in [6, 6.07) is 1.31. The summed E-state index contributed by atoms with van der Waals surface area (Å²) in [7, 11) is 0. The lowest BCUT2D eigenvalue weighted by Crippen LogP contribution is -1.78. The standard InChI is InChI=1S/C8H7FN2O/c1-2-7-11-6-3-5(9)4-10-8(6)12-7/h3-4H,2H2,1H3. The first-order valence-electron chi connectivity index (χ1n) is 3.70. The molecule has 2 heterocycles. The Hall–Kier alpha value is -1.45. The van der Waals surface area contributed by atoms with Crippen LogP contribution in [-0.2, 0) is 6.42 Å². The van der Waals surface area contributed by atoms with Crippen molar-refractivity contribution in [3.63, 3.8) is 0 Å². The molecule has 0 radical (unpaired) electrons. The van der Waals surface area contributed by atoms with Crippen molar-refractivity contribution in [2.45, 2.75) is 13.3 Å². The molecule has 62 valence electrons.